The van der Waals surface area contributed by atoms with Crippen LogP contribution in [-0.4, -0.2) is 48.4 Å². The Labute approximate surface area is 145 Å². The highest BCUT2D eigenvalue weighted by molar-refractivity contribution is 5.76. The Balaban J connectivity index is 1.79. The number of benzene rings is 1. The number of hydrogen-bond donors (Lipinski definition) is 0. The molecular weight excluding hydrogens is 303 g/mol. The molecule has 134 valence electrons. The molecule has 1 amide bonds. The number of amides is 1. The van der Waals surface area contributed by atoms with E-state index in [2.05, 4.69) is 25.8 Å². The summed E-state index contributed by atoms with van der Waals surface area (Å²) in [6, 6.07) is 7.47. The molecule has 1 aromatic rings. The lowest BCUT2D eigenvalue weighted by Gasteiger charge is -2.33. The Morgan fingerprint density at radius 3 is 2.83 bits per heavy atom. The average molecular weight is 334 g/mol. The number of piperidine rings is 1. The smallest absolute Gasteiger partial charge is 0.223 e. The third-order valence-corrected chi connectivity index (χ3v) is 5.21. The molecule has 0 radical (unpaired) electrons. The Kier molecular flexibility index (Phi) is 7.22. The Morgan fingerprint density at radius 2 is 2.12 bits per heavy atom. The van der Waals surface area contributed by atoms with Crippen LogP contribution in [-0.2, 0) is 11.2 Å². The molecule has 3 nitrogen and oxygen atoms in total. The zero-order valence-corrected chi connectivity index (χ0v) is 15.3. The Hall–Kier alpha value is -1.42. The molecule has 0 unspecified atom stereocenters. The first-order chi connectivity index (χ1) is 11.5. The largest absolute Gasteiger partial charge is 0.342 e. The first-order valence-electron chi connectivity index (χ1n) is 9.18. The highest BCUT2D eigenvalue weighted by atomic mass is 19.1. The standard InChI is InChI=1S/C20H31FN2O/c1-16(2)22(3)14-12-20(24)23-13-6-7-17(15-23)10-11-18-8-4-5-9-19(18)21/h4-5,8-9,16-17H,6-7,10-15H2,1-3H3/t17-/m1/s1. The second kappa shape index (κ2) is 9.16. The molecule has 1 fully saturated rings. The van der Waals surface area contributed by atoms with Gasteiger partial charge < -0.3 is 9.80 Å². The lowest BCUT2D eigenvalue weighted by atomic mass is 9.91. The van der Waals surface area contributed by atoms with Gasteiger partial charge in [0.25, 0.3) is 0 Å². The SMILES string of the molecule is CC(C)N(C)CCC(=O)N1CCC[C@H](CCc2ccccc2F)C1. The van der Waals surface area contributed by atoms with Crippen LogP contribution in [0.3, 0.4) is 0 Å². The summed E-state index contributed by atoms with van der Waals surface area (Å²) in [6.07, 6.45) is 4.51. The number of halogens is 1. The second-order valence-electron chi connectivity index (χ2n) is 7.30. The molecule has 1 aromatic carbocycles. The summed E-state index contributed by atoms with van der Waals surface area (Å²) in [6.45, 7) is 6.81. The van der Waals surface area contributed by atoms with Crippen molar-refractivity contribution in [2.24, 2.45) is 5.92 Å². The normalized spacial score (nSPS) is 18.4. The van der Waals surface area contributed by atoms with E-state index in [1.165, 1.54) is 6.07 Å². The van der Waals surface area contributed by atoms with Crippen LogP contribution >= 0.6 is 0 Å². The van der Waals surface area contributed by atoms with Gasteiger partial charge in [-0.3, -0.25) is 4.79 Å². The molecule has 4 heteroatoms. The van der Waals surface area contributed by atoms with Gasteiger partial charge in [0.2, 0.25) is 5.91 Å². The predicted octanol–water partition coefficient (Wildman–Crippen LogP) is 3.73. The topological polar surface area (TPSA) is 23.6 Å². The molecule has 2 rings (SSSR count). The van der Waals surface area contributed by atoms with E-state index in [-0.39, 0.29) is 11.7 Å². The maximum absolute atomic E-state index is 13.7. The third kappa shape index (κ3) is 5.59. The number of hydrogen-bond acceptors (Lipinski definition) is 2. The fourth-order valence-corrected chi connectivity index (χ4v) is 3.28. The van der Waals surface area contributed by atoms with Crippen molar-refractivity contribution in [3.05, 3.63) is 35.6 Å². The van der Waals surface area contributed by atoms with Crippen molar-refractivity contribution >= 4 is 5.91 Å². The lowest BCUT2D eigenvalue weighted by Crippen LogP contribution is -2.41. The van der Waals surface area contributed by atoms with Gasteiger partial charge in [-0.25, -0.2) is 4.39 Å². The van der Waals surface area contributed by atoms with Gasteiger partial charge in [-0.1, -0.05) is 18.2 Å². The third-order valence-electron chi connectivity index (χ3n) is 5.21. The van der Waals surface area contributed by atoms with Crippen LogP contribution in [0.4, 0.5) is 4.39 Å². The molecule has 0 bridgehead atoms. The first-order valence-corrected chi connectivity index (χ1v) is 9.18. The number of likely N-dealkylation sites (tertiary alicyclic amines) is 1. The maximum atomic E-state index is 13.7. The summed E-state index contributed by atoms with van der Waals surface area (Å²) in [5.41, 5.74) is 0.791. The van der Waals surface area contributed by atoms with Crippen LogP contribution in [0.2, 0.25) is 0 Å². The number of carbonyl (C=O) groups excluding carboxylic acids is 1. The molecule has 1 saturated heterocycles. The molecule has 1 aliphatic rings. The molecule has 0 aromatic heterocycles. The fraction of sp³-hybridized carbons (Fsp3) is 0.650. The molecule has 1 atom stereocenters. The van der Waals surface area contributed by atoms with E-state index in [9.17, 15) is 9.18 Å². The second-order valence-corrected chi connectivity index (χ2v) is 7.30. The van der Waals surface area contributed by atoms with Gasteiger partial charge in [0.05, 0.1) is 0 Å². The van der Waals surface area contributed by atoms with Gasteiger partial charge in [0.1, 0.15) is 5.82 Å². The van der Waals surface area contributed by atoms with Crippen molar-refractivity contribution in [3.63, 3.8) is 0 Å². The van der Waals surface area contributed by atoms with Crippen LogP contribution in [0, 0.1) is 11.7 Å². The molecule has 1 heterocycles. The zero-order chi connectivity index (χ0) is 17.5. The molecule has 0 aliphatic carbocycles. The van der Waals surface area contributed by atoms with Crippen molar-refractivity contribution < 1.29 is 9.18 Å². The molecular formula is C20H31FN2O. The van der Waals surface area contributed by atoms with Crippen LogP contribution in [0.25, 0.3) is 0 Å². The van der Waals surface area contributed by atoms with Crippen molar-refractivity contribution in [3.8, 4) is 0 Å². The van der Waals surface area contributed by atoms with Gasteiger partial charge in [-0.05, 0) is 64.1 Å². The molecule has 24 heavy (non-hydrogen) atoms. The van der Waals surface area contributed by atoms with E-state index in [4.69, 9.17) is 0 Å². The highest BCUT2D eigenvalue weighted by Crippen LogP contribution is 2.23. The summed E-state index contributed by atoms with van der Waals surface area (Å²) in [7, 11) is 2.06. The number of nitrogens with zero attached hydrogens (tertiary/aromatic N) is 2. The highest BCUT2D eigenvalue weighted by Gasteiger charge is 2.23. The molecule has 0 saturated carbocycles. The number of aryl methyl sites for hydroxylation is 1. The minimum atomic E-state index is -0.113. The van der Waals surface area contributed by atoms with Gasteiger partial charge in [0, 0.05) is 32.1 Å². The van der Waals surface area contributed by atoms with Gasteiger partial charge in [-0.15, -0.1) is 0 Å². The molecule has 0 spiro atoms. The van der Waals surface area contributed by atoms with Crippen LogP contribution in [0.1, 0.15) is 45.1 Å². The quantitative estimate of drug-likeness (QED) is 0.758. The first kappa shape index (κ1) is 18.9. The van der Waals surface area contributed by atoms with E-state index in [1.54, 1.807) is 6.07 Å². The van der Waals surface area contributed by atoms with Crippen molar-refractivity contribution in [1.82, 2.24) is 9.80 Å². The Bertz CT molecular complexity index is 532. The number of carbonyl (C=O) groups is 1. The van der Waals surface area contributed by atoms with E-state index >= 15 is 0 Å². The zero-order valence-electron chi connectivity index (χ0n) is 15.3. The molecule has 0 N–H and O–H groups in total. The summed E-state index contributed by atoms with van der Waals surface area (Å²) < 4.78 is 13.7. The van der Waals surface area contributed by atoms with Crippen molar-refractivity contribution in [1.29, 1.82) is 0 Å². The van der Waals surface area contributed by atoms with Gasteiger partial charge in [0.15, 0.2) is 0 Å². The minimum absolute atomic E-state index is 0.113. The fourth-order valence-electron chi connectivity index (χ4n) is 3.28. The number of rotatable bonds is 7. The Morgan fingerprint density at radius 1 is 1.38 bits per heavy atom. The van der Waals surface area contributed by atoms with E-state index in [0.29, 0.717) is 18.4 Å². The van der Waals surface area contributed by atoms with E-state index in [1.807, 2.05) is 17.0 Å². The maximum Gasteiger partial charge on any atom is 0.223 e. The summed E-state index contributed by atoms with van der Waals surface area (Å²) in [5.74, 6) is 0.640. The minimum Gasteiger partial charge on any atom is -0.342 e. The lowest BCUT2D eigenvalue weighted by molar-refractivity contribution is -0.133. The van der Waals surface area contributed by atoms with Crippen LogP contribution in [0.5, 0.6) is 0 Å². The van der Waals surface area contributed by atoms with Gasteiger partial charge in [-0.2, -0.15) is 0 Å². The van der Waals surface area contributed by atoms with Crippen molar-refractivity contribution in [2.75, 3.05) is 26.7 Å². The van der Waals surface area contributed by atoms with E-state index in [0.717, 1.165) is 50.9 Å². The predicted molar refractivity (Wildman–Crippen MR) is 96.4 cm³/mol. The summed E-state index contributed by atoms with van der Waals surface area (Å²) in [5, 5.41) is 0. The van der Waals surface area contributed by atoms with Crippen LogP contribution < -0.4 is 0 Å². The summed E-state index contributed by atoms with van der Waals surface area (Å²) >= 11 is 0. The monoisotopic (exact) mass is 334 g/mol. The van der Waals surface area contributed by atoms with Crippen molar-refractivity contribution in [2.45, 2.75) is 52.0 Å². The summed E-state index contributed by atoms with van der Waals surface area (Å²) in [4.78, 5) is 16.7. The molecule has 1 aliphatic heterocycles. The average Bonchev–Trinajstić information content (AvgIpc) is 2.58. The van der Waals surface area contributed by atoms with E-state index < -0.39 is 0 Å². The van der Waals surface area contributed by atoms with Gasteiger partial charge >= 0.3 is 0 Å². The van der Waals surface area contributed by atoms with Crippen LogP contribution in [0.15, 0.2) is 24.3 Å².